The van der Waals surface area contributed by atoms with Crippen molar-refractivity contribution in [1.82, 2.24) is 19.2 Å². The van der Waals surface area contributed by atoms with Gasteiger partial charge in [-0.25, -0.2) is 13.4 Å². The number of imidazole rings is 1. The minimum atomic E-state index is -3.63. The van der Waals surface area contributed by atoms with E-state index in [-0.39, 0.29) is 16.8 Å². The molecule has 4 rings (SSSR count). The van der Waals surface area contributed by atoms with Crippen molar-refractivity contribution in [2.75, 3.05) is 6.54 Å². The third-order valence-electron chi connectivity index (χ3n) is 6.20. The van der Waals surface area contributed by atoms with E-state index in [9.17, 15) is 13.2 Å². The zero-order valence-corrected chi connectivity index (χ0v) is 19.9. The number of hydrogen-bond acceptors (Lipinski definition) is 4. The highest BCUT2D eigenvalue weighted by Crippen LogP contribution is 2.26. The number of hydrogen-bond donors (Lipinski definition) is 1. The largest absolute Gasteiger partial charge is 0.348 e. The van der Waals surface area contributed by atoms with Gasteiger partial charge in [0.15, 0.2) is 0 Å². The summed E-state index contributed by atoms with van der Waals surface area (Å²) in [6.45, 7) is 5.39. The number of amides is 1. The topological polar surface area (TPSA) is 84.3 Å². The van der Waals surface area contributed by atoms with Crippen LogP contribution >= 0.6 is 0 Å². The second kappa shape index (κ2) is 9.89. The molecule has 0 aliphatic carbocycles. The van der Waals surface area contributed by atoms with Crippen LogP contribution in [0.5, 0.6) is 0 Å². The van der Waals surface area contributed by atoms with Gasteiger partial charge in [0.1, 0.15) is 0 Å². The zero-order chi connectivity index (χ0) is 23.4. The van der Waals surface area contributed by atoms with Crippen LogP contribution in [0.25, 0.3) is 0 Å². The summed E-state index contributed by atoms with van der Waals surface area (Å²) < 4.78 is 29.9. The summed E-state index contributed by atoms with van der Waals surface area (Å²) in [4.78, 5) is 17.1. The third-order valence-corrected chi connectivity index (χ3v) is 8.21. The average Bonchev–Trinajstić information content (AvgIpc) is 3.32. The number of nitrogens with one attached hydrogen (secondary N) is 1. The molecule has 8 heteroatoms. The van der Waals surface area contributed by atoms with E-state index in [1.807, 2.05) is 48.9 Å². The van der Waals surface area contributed by atoms with Crippen molar-refractivity contribution in [2.45, 2.75) is 57.1 Å². The summed E-state index contributed by atoms with van der Waals surface area (Å²) in [5, 5.41) is 2.93. The van der Waals surface area contributed by atoms with Crippen LogP contribution in [0.2, 0.25) is 0 Å². The zero-order valence-electron chi connectivity index (χ0n) is 19.1. The highest BCUT2D eigenvalue weighted by Gasteiger charge is 2.31. The number of aromatic nitrogens is 2. The molecule has 1 unspecified atom stereocenters. The molecule has 2 aromatic carbocycles. The first kappa shape index (κ1) is 23.2. The summed E-state index contributed by atoms with van der Waals surface area (Å²) in [5.74, 6) is -0.279. The SMILES string of the molecule is Cc1ccc(S(=O)(=O)N2CCCCC2C)cc1C(=O)NCc1ccc(Cn2ccnc2)cc1. The van der Waals surface area contributed by atoms with Gasteiger partial charge in [0.05, 0.1) is 11.2 Å². The Morgan fingerprint density at radius 2 is 1.88 bits per heavy atom. The number of nitrogens with zero attached hydrogens (tertiary/aromatic N) is 3. The van der Waals surface area contributed by atoms with Crippen molar-refractivity contribution in [3.05, 3.63) is 83.4 Å². The molecule has 1 N–H and O–H groups in total. The quantitative estimate of drug-likeness (QED) is 0.575. The molecule has 1 atom stereocenters. The second-order valence-corrected chi connectivity index (χ2v) is 10.6. The molecule has 0 bridgehead atoms. The van der Waals surface area contributed by atoms with Gasteiger partial charge in [0, 0.05) is 43.6 Å². The monoisotopic (exact) mass is 466 g/mol. The van der Waals surface area contributed by atoms with E-state index in [4.69, 9.17) is 0 Å². The molecular weight excluding hydrogens is 436 g/mol. The first-order valence-electron chi connectivity index (χ1n) is 11.3. The van der Waals surface area contributed by atoms with Gasteiger partial charge in [-0.3, -0.25) is 4.79 Å². The Hall–Kier alpha value is -2.97. The number of rotatable bonds is 7. The van der Waals surface area contributed by atoms with E-state index < -0.39 is 10.0 Å². The Balaban J connectivity index is 1.44. The van der Waals surface area contributed by atoms with Gasteiger partial charge < -0.3 is 9.88 Å². The molecule has 1 aliphatic heterocycles. The Morgan fingerprint density at radius 3 is 2.58 bits per heavy atom. The first-order valence-corrected chi connectivity index (χ1v) is 12.7. The molecule has 7 nitrogen and oxygen atoms in total. The second-order valence-electron chi connectivity index (χ2n) is 8.67. The Labute approximate surface area is 195 Å². The molecule has 1 aromatic heterocycles. The van der Waals surface area contributed by atoms with E-state index in [2.05, 4.69) is 10.3 Å². The molecule has 2 heterocycles. The number of aryl methyl sites for hydroxylation is 1. The van der Waals surface area contributed by atoms with Gasteiger partial charge in [-0.15, -0.1) is 0 Å². The average molecular weight is 467 g/mol. The van der Waals surface area contributed by atoms with Crippen LogP contribution in [0.15, 0.2) is 66.1 Å². The van der Waals surface area contributed by atoms with E-state index in [0.717, 1.165) is 42.5 Å². The summed E-state index contributed by atoms with van der Waals surface area (Å²) in [6.07, 6.45) is 8.20. The lowest BCUT2D eigenvalue weighted by atomic mass is 10.1. The lowest BCUT2D eigenvalue weighted by Crippen LogP contribution is -2.42. The predicted molar refractivity (Wildman–Crippen MR) is 127 cm³/mol. The Bertz CT molecular complexity index is 1200. The molecule has 174 valence electrons. The number of sulfonamides is 1. The standard InChI is InChI=1S/C25H30N4O3S/c1-19-6-11-23(33(31,32)29-13-4-3-5-20(29)2)15-24(19)25(30)27-16-21-7-9-22(10-8-21)17-28-14-12-26-18-28/h6-12,14-15,18,20H,3-5,13,16-17H2,1-2H3,(H,27,30). The minimum absolute atomic E-state index is 0.0286. The number of carbonyl (C=O) groups is 1. The van der Waals surface area contributed by atoms with Gasteiger partial charge >= 0.3 is 0 Å². The maximum absolute atomic E-state index is 13.2. The molecule has 1 fully saturated rings. The lowest BCUT2D eigenvalue weighted by Gasteiger charge is -2.32. The van der Waals surface area contributed by atoms with Gasteiger partial charge in [-0.05, 0) is 55.5 Å². The van der Waals surface area contributed by atoms with Crippen LogP contribution in [0.4, 0.5) is 0 Å². The van der Waals surface area contributed by atoms with Crippen LogP contribution in [0.1, 0.15) is 53.2 Å². The van der Waals surface area contributed by atoms with E-state index >= 15 is 0 Å². The maximum Gasteiger partial charge on any atom is 0.251 e. The molecule has 1 amide bonds. The minimum Gasteiger partial charge on any atom is -0.348 e. The Morgan fingerprint density at radius 1 is 1.12 bits per heavy atom. The maximum atomic E-state index is 13.2. The van der Waals surface area contributed by atoms with Crippen LogP contribution in [-0.4, -0.2) is 40.8 Å². The summed E-state index contributed by atoms with van der Waals surface area (Å²) in [5.41, 5.74) is 3.25. The van der Waals surface area contributed by atoms with E-state index in [1.54, 1.807) is 29.0 Å². The van der Waals surface area contributed by atoms with Gasteiger partial charge in [0.25, 0.3) is 5.91 Å². The fourth-order valence-electron chi connectivity index (χ4n) is 4.20. The van der Waals surface area contributed by atoms with Gasteiger partial charge in [-0.2, -0.15) is 4.31 Å². The van der Waals surface area contributed by atoms with Crippen molar-refractivity contribution >= 4 is 15.9 Å². The molecule has 0 spiro atoms. The van der Waals surface area contributed by atoms with Crippen LogP contribution in [0.3, 0.4) is 0 Å². The lowest BCUT2D eigenvalue weighted by molar-refractivity contribution is 0.0950. The highest BCUT2D eigenvalue weighted by atomic mass is 32.2. The molecule has 0 radical (unpaired) electrons. The van der Waals surface area contributed by atoms with E-state index in [1.165, 1.54) is 6.07 Å². The molecule has 3 aromatic rings. The molecule has 33 heavy (non-hydrogen) atoms. The molecule has 0 saturated carbocycles. The summed E-state index contributed by atoms with van der Waals surface area (Å²) >= 11 is 0. The fourth-order valence-corrected chi connectivity index (χ4v) is 5.93. The van der Waals surface area contributed by atoms with Crippen molar-refractivity contribution in [2.24, 2.45) is 0 Å². The van der Waals surface area contributed by atoms with Crippen molar-refractivity contribution in [1.29, 1.82) is 0 Å². The van der Waals surface area contributed by atoms with Crippen LogP contribution in [0, 0.1) is 6.92 Å². The summed E-state index contributed by atoms with van der Waals surface area (Å²) in [6, 6.07) is 12.8. The van der Waals surface area contributed by atoms with Crippen molar-refractivity contribution < 1.29 is 13.2 Å². The summed E-state index contributed by atoms with van der Waals surface area (Å²) in [7, 11) is -3.63. The third kappa shape index (κ3) is 5.34. The number of carbonyl (C=O) groups excluding carboxylic acids is 1. The van der Waals surface area contributed by atoms with Crippen LogP contribution in [-0.2, 0) is 23.1 Å². The normalized spacial score (nSPS) is 17.1. The highest BCUT2D eigenvalue weighted by molar-refractivity contribution is 7.89. The predicted octanol–water partition coefficient (Wildman–Crippen LogP) is 3.73. The van der Waals surface area contributed by atoms with E-state index in [0.29, 0.717) is 18.7 Å². The van der Waals surface area contributed by atoms with Crippen LogP contribution < -0.4 is 5.32 Å². The Kier molecular flexibility index (Phi) is 6.95. The number of piperidine rings is 1. The van der Waals surface area contributed by atoms with Crippen molar-refractivity contribution in [3.63, 3.8) is 0 Å². The first-order chi connectivity index (χ1) is 15.8. The van der Waals surface area contributed by atoms with Gasteiger partial charge in [0.2, 0.25) is 10.0 Å². The smallest absolute Gasteiger partial charge is 0.251 e. The molecular formula is C25H30N4O3S. The number of benzene rings is 2. The fraction of sp³-hybridized carbons (Fsp3) is 0.360. The van der Waals surface area contributed by atoms with Crippen molar-refractivity contribution in [3.8, 4) is 0 Å². The molecule has 1 aliphatic rings. The molecule has 1 saturated heterocycles. The van der Waals surface area contributed by atoms with Gasteiger partial charge in [-0.1, -0.05) is 36.8 Å².